The fraction of sp³-hybridized carbons (Fsp3) is 0.520. The molecule has 0 spiro atoms. The number of benzene rings is 2. The molecule has 2 aliphatic heterocycles. The Morgan fingerprint density at radius 3 is 1.92 bits per heavy atom. The van der Waals surface area contributed by atoms with Crippen molar-refractivity contribution in [1.29, 1.82) is 0 Å². The van der Waals surface area contributed by atoms with E-state index < -0.39 is 10.0 Å². The molecule has 0 saturated carbocycles. The Kier molecular flexibility index (Phi) is 3.63. The first-order valence-corrected chi connectivity index (χ1v) is 11.8. The third kappa shape index (κ3) is 2.10. The maximum atomic E-state index is 2.52. The summed E-state index contributed by atoms with van der Waals surface area (Å²) in [5.74, 6) is 0. The predicted molar refractivity (Wildman–Crippen MR) is 117 cm³/mol. The number of fused-ring (bicyclic) bond motifs is 3. The molecule has 0 N–H and O–H groups in total. The maximum Gasteiger partial charge on any atom is 0.0202 e. The lowest BCUT2D eigenvalue weighted by atomic mass is 9.82. The van der Waals surface area contributed by atoms with Crippen molar-refractivity contribution in [2.24, 2.45) is 0 Å². The molecule has 2 aromatic rings. The van der Waals surface area contributed by atoms with Crippen LogP contribution in [-0.4, -0.2) is 5.25 Å². The lowest BCUT2D eigenvalue weighted by Crippen LogP contribution is -2.27. The summed E-state index contributed by atoms with van der Waals surface area (Å²) in [4.78, 5) is 3.37. The van der Waals surface area contributed by atoms with Crippen LogP contribution < -0.4 is 0 Å². The van der Waals surface area contributed by atoms with E-state index in [1.165, 1.54) is 16.7 Å². The van der Waals surface area contributed by atoms with Gasteiger partial charge in [0.05, 0.1) is 0 Å². The fourth-order valence-corrected chi connectivity index (χ4v) is 10.1. The molecule has 0 nitrogen and oxygen atoms in total. The van der Waals surface area contributed by atoms with Crippen molar-refractivity contribution >= 4 is 10.0 Å². The Hall–Kier alpha value is -1.21. The number of rotatable bonds is 1. The first-order chi connectivity index (χ1) is 11.9. The van der Waals surface area contributed by atoms with Gasteiger partial charge in [0.15, 0.2) is 0 Å². The smallest absolute Gasteiger partial charge is 0.0202 e. The first-order valence-electron chi connectivity index (χ1n) is 10.0. The van der Waals surface area contributed by atoms with Crippen LogP contribution in [-0.2, 0) is 10.8 Å². The molecule has 0 amide bonds. The summed E-state index contributed by atoms with van der Waals surface area (Å²) in [6.45, 7) is 21.4. The second-order valence-electron chi connectivity index (χ2n) is 10.6. The van der Waals surface area contributed by atoms with Crippen LogP contribution in [0.5, 0.6) is 0 Å². The highest BCUT2D eigenvalue weighted by molar-refractivity contribution is 8.35. The van der Waals surface area contributed by atoms with Gasteiger partial charge in [-0.3, -0.25) is 0 Å². The van der Waals surface area contributed by atoms with E-state index in [1.807, 2.05) is 0 Å². The monoisotopic (exact) mass is 366 g/mol. The highest BCUT2D eigenvalue weighted by Crippen LogP contribution is 2.88. The molecule has 2 aromatic carbocycles. The Morgan fingerprint density at radius 1 is 0.808 bits per heavy atom. The molecule has 26 heavy (non-hydrogen) atoms. The van der Waals surface area contributed by atoms with Gasteiger partial charge in [-0.2, -0.15) is 10.0 Å². The van der Waals surface area contributed by atoms with Crippen LogP contribution in [0.2, 0.25) is 0 Å². The summed E-state index contributed by atoms with van der Waals surface area (Å²) >= 11 is 0. The largest absolute Gasteiger partial charge is 0.177 e. The molecule has 2 heterocycles. The normalized spacial score (nSPS) is 26.2. The highest BCUT2D eigenvalue weighted by atomic mass is 32.3. The maximum absolute atomic E-state index is 2.52. The second kappa shape index (κ2) is 5.19. The SMILES string of the molecule is CC(C)S12c3ccc(C(C)(C)C)cc3-c3cc(C(C)(C)C)cc(c31)C2C. The van der Waals surface area contributed by atoms with E-state index in [2.05, 4.69) is 92.6 Å². The van der Waals surface area contributed by atoms with Crippen LogP contribution in [0.1, 0.15) is 84.3 Å². The van der Waals surface area contributed by atoms with Crippen molar-refractivity contribution in [1.82, 2.24) is 0 Å². The molecule has 0 radical (unpaired) electrons. The minimum atomic E-state index is -0.880. The zero-order valence-corrected chi connectivity index (χ0v) is 18.8. The summed E-state index contributed by atoms with van der Waals surface area (Å²) in [6, 6.07) is 12.4. The third-order valence-electron chi connectivity index (χ3n) is 6.56. The van der Waals surface area contributed by atoms with E-state index in [9.17, 15) is 0 Å². The zero-order valence-electron chi connectivity index (χ0n) is 17.9. The first kappa shape index (κ1) is 18.2. The van der Waals surface area contributed by atoms with Gasteiger partial charge in [-0.1, -0.05) is 67.5 Å². The van der Waals surface area contributed by atoms with Crippen molar-refractivity contribution in [2.45, 2.75) is 93.4 Å². The molecule has 0 fully saturated rings. The Labute approximate surface area is 161 Å². The number of hydrogen-bond donors (Lipinski definition) is 0. The molecule has 140 valence electrons. The van der Waals surface area contributed by atoms with Crippen LogP contribution in [0.4, 0.5) is 0 Å². The van der Waals surface area contributed by atoms with E-state index in [4.69, 9.17) is 0 Å². The van der Waals surface area contributed by atoms with E-state index in [0.717, 1.165) is 0 Å². The van der Waals surface area contributed by atoms with Gasteiger partial charge in [0.25, 0.3) is 0 Å². The highest BCUT2D eigenvalue weighted by Gasteiger charge is 2.54. The van der Waals surface area contributed by atoms with Crippen LogP contribution in [0.3, 0.4) is 0 Å². The lowest BCUT2D eigenvalue weighted by Gasteiger charge is -2.56. The molecular formula is C25H34S. The summed E-state index contributed by atoms with van der Waals surface area (Å²) in [5.41, 5.74) is 8.05. The van der Waals surface area contributed by atoms with Gasteiger partial charge in [-0.25, -0.2) is 0 Å². The predicted octanol–water partition coefficient (Wildman–Crippen LogP) is 7.97. The Bertz CT molecular complexity index is 905. The molecule has 0 aromatic heterocycles. The number of hydrogen-bond acceptors (Lipinski definition) is 0. The summed E-state index contributed by atoms with van der Waals surface area (Å²) in [7, 11) is -0.880. The van der Waals surface area contributed by atoms with E-state index in [1.54, 1.807) is 20.9 Å². The van der Waals surface area contributed by atoms with Crippen molar-refractivity contribution in [3.05, 3.63) is 47.0 Å². The van der Waals surface area contributed by atoms with Gasteiger partial charge in [0.2, 0.25) is 0 Å². The van der Waals surface area contributed by atoms with Crippen LogP contribution >= 0.6 is 10.0 Å². The van der Waals surface area contributed by atoms with Crippen LogP contribution in [0.15, 0.2) is 40.1 Å². The molecular weight excluding hydrogens is 332 g/mol. The van der Waals surface area contributed by atoms with Gasteiger partial charge in [-0.15, -0.1) is 0 Å². The van der Waals surface area contributed by atoms with E-state index in [-0.39, 0.29) is 10.8 Å². The molecule has 0 bridgehead atoms. The molecule has 1 heteroatoms. The van der Waals surface area contributed by atoms with Gasteiger partial charge in [0, 0.05) is 15.0 Å². The average Bonchev–Trinajstić information content (AvgIpc) is 2.81. The minimum Gasteiger partial charge on any atom is -0.177 e. The topological polar surface area (TPSA) is 0 Å². The summed E-state index contributed by atoms with van der Waals surface area (Å²) in [5, 5.41) is 1.38. The van der Waals surface area contributed by atoms with Gasteiger partial charge in [0.1, 0.15) is 0 Å². The second-order valence-corrected chi connectivity index (χ2v) is 14.5. The Balaban J connectivity index is 2.07. The zero-order chi connectivity index (χ0) is 19.2. The molecule has 2 aliphatic rings. The summed E-state index contributed by atoms with van der Waals surface area (Å²) in [6.07, 6.45) is 0. The molecule has 0 saturated heterocycles. The van der Waals surface area contributed by atoms with Crippen molar-refractivity contribution in [2.75, 3.05) is 0 Å². The minimum absolute atomic E-state index is 0.192. The standard InChI is InChI=1S/C25H34S/c1-15(2)26-16(3)19-13-18(25(7,8)9)14-21(23(19)26)20-12-17(24(4,5)6)10-11-22(20)26/h10-16H,1-9H3. The molecule has 4 rings (SSSR count). The van der Waals surface area contributed by atoms with Crippen LogP contribution in [0, 0.1) is 0 Å². The van der Waals surface area contributed by atoms with Crippen molar-refractivity contribution < 1.29 is 0 Å². The quantitative estimate of drug-likeness (QED) is 0.480. The molecule has 2 atom stereocenters. The van der Waals surface area contributed by atoms with E-state index in [0.29, 0.717) is 10.5 Å². The molecule has 2 unspecified atom stereocenters. The summed E-state index contributed by atoms with van der Waals surface area (Å²) < 4.78 is 0. The van der Waals surface area contributed by atoms with Crippen molar-refractivity contribution in [3.63, 3.8) is 0 Å². The lowest BCUT2D eigenvalue weighted by molar-refractivity contribution is 0.587. The van der Waals surface area contributed by atoms with Crippen molar-refractivity contribution in [3.8, 4) is 11.1 Å². The Morgan fingerprint density at radius 2 is 1.38 bits per heavy atom. The average molecular weight is 367 g/mol. The fourth-order valence-electron chi connectivity index (χ4n) is 4.98. The van der Waals surface area contributed by atoms with Gasteiger partial charge < -0.3 is 0 Å². The van der Waals surface area contributed by atoms with Crippen LogP contribution in [0.25, 0.3) is 11.1 Å². The van der Waals surface area contributed by atoms with Gasteiger partial charge >= 0.3 is 0 Å². The third-order valence-corrected chi connectivity index (χ3v) is 11.6. The molecule has 0 aliphatic carbocycles. The van der Waals surface area contributed by atoms with Gasteiger partial charge in [-0.05, 0) is 69.0 Å². The van der Waals surface area contributed by atoms with E-state index >= 15 is 0 Å².